The quantitative estimate of drug-likeness (QED) is 0.564. The third kappa shape index (κ3) is 5.81. The molecule has 0 bridgehead atoms. The van der Waals surface area contributed by atoms with Crippen molar-refractivity contribution in [2.45, 2.75) is 20.3 Å². The minimum absolute atomic E-state index is 0.314. The standard InChI is InChI=1S/C16H21ClFNO/c1-3-19(4-2)11-12-20-16-13-15(18)9-8-14(16)7-5-6-10-17/h8-9,13H,3-4,6,10-12H2,1-2H3. The second-order valence-corrected chi connectivity index (χ2v) is 4.63. The van der Waals surface area contributed by atoms with Crippen molar-refractivity contribution in [2.24, 2.45) is 0 Å². The smallest absolute Gasteiger partial charge is 0.137 e. The number of nitrogens with zero attached hydrogens (tertiary/aromatic N) is 1. The van der Waals surface area contributed by atoms with E-state index in [0.717, 1.165) is 19.6 Å². The molecule has 0 unspecified atom stereocenters. The van der Waals surface area contributed by atoms with Crippen LogP contribution in [0.3, 0.4) is 0 Å². The van der Waals surface area contributed by atoms with E-state index in [2.05, 4.69) is 30.6 Å². The molecule has 0 aliphatic heterocycles. The summed E-state index contributed by atoms with van der Waals surface area (Å²) < 4.78 is 19.0. The molecule has 2 nitrogen and oxygen atoms in total. The summed E-state index contributed by atoms with van der Waals surface area (Å²) >= 11 is 5.58. The van der Waals surface area contributed by atoms with Crippen molar-refractivity contribution in [1.82, 2.24) is 4.90 Å². The highest BCUT2D eigenvalue weighted by molar-refractivity contribution is 6.18. The average Bonchev–Trinajstić information content (AvgIpc) is 2.46. The van der Waals surface area contributed by atoms with Gasteiger partial charge in [0.25, 0.3) is 0 Å². The van der Waals surface area contributed by atoms with E-state index in [4.69, 9.17) is 16.3 Å². The summed E-state index contributed by atoms with van der Waals surface area (Å²) in [6, 6.07) is 4.41. The lowest BCUT2D eigenvalue weighted by atomic mass is 10.2. The van der Waals surface area contributed by atoms with Crippen LogP contribution in [0.15, 0.2) is 18.2 Å². The van der Waals surface area contributed by atoms with Gasteiger partial charge in [-0.1, -0.05) is 25.7 Å². The van der Waals surface area contributed by atoms with Crippen molar-refractivity contribution < 1.29 is 9.13 Å². The van der Waals surface area contributed by atoms with Gasteiger partial charge in [0.1, 0.15) is 18.2 Å². The van der Waals surface area contributed by atoms with Crippen LogP contribution >= 0.6 is 11.6 Å². The summed E-state index contributed by atoms with van der Waals surface area (Å²) in [5.41, 5.74) is 0.705. The Hall–Kier alpha value is -1.24. The number of ether oxygens (including phenoxy) is 1. The van der Waals surface area contributed by atoms with Crippen LogP contribution in [-0.4, -0.2) is 37.0 Å². The maximum atomic E-state index is 13.3. The Morgan fingerprint density at radius 2 is 2.05 bits per heavy atom. The maximum Gasteiger partial charge on any atom is 0.137 e. The fourth-order valence-corrected chi connectivity index (χ4v) is 1.84. The Morgan fingerprint density at radius 1 is 1.30 bits per heavy atom. The first-order valence-electron chi connectivity index (χ1n) is 6.90. The number of benzene rings is 1. The molecule has 0 saturated carbocycles. The second kappa shape index (κ2) is 9.63. The maximum absolute atomic E-state index is 13.3. The number of alkyl halides is 1. The molecule has 1 aromatic rings. The van der Waals surface area contributed by atoms with Crippen LogP contribution in [0.25, 0.3) is 0 Å². The van der Waals surface area contributed by atoms with Crippen LogP contribution in [0.2, 0.25) is 0 Å². The molecule has 0 aliphatic carbocycles. The Kier molecular flexibility index (Phi) is 8.10. The summed E-state index contributed by atoms with van der Waals surface area (Å²) in [5, 5.41) is 0. The summed E-state index contributed by atoms with van der Waals surface area (Å²) in [4.78, 5) is 2.25. The Labute approximate surface area is 125 Å². The van der Waals surface area contributed by atoms with Crippen LogP contribution < -0.4 is 4.74 Å². The Morgan fingerprint density at radius 3 is 2.70 bits per heavy atom. The van der Waals surface area contributed by atoms with Gasteiger partial charge in [0.2, 0.25) is 0 Å². The molecule has 0 aliphatic rings. The first-order chi connectivity index (χ1) is 9.71. The second-order valence-electron chi connectivity index (χ2n) is 4.26. The van der Waals surface area contributed by atoms with Crippen LogP contribution in [-0.2, 0) is 0 Å². The molecule has 0 radical (unpaired) electrons. The molecule has 1 rings (SSSR count). The minimum atomic E-state index is -0.314. The third-order valence-electron chi connectivity index (χ3n) is 2.95. The predicted molar refractivity (Wildman–Crippen MR) is 81.9 cm³/mol. The van der Waals surface area contributed by atoms with E-state index in [1.165, 1.54) is 12.1 Å². The molecule has 0 aromatic heterocycles. The molecule has 0 saturated heterocycles. The summed E-state index contributed by atoms with van der Waals surface area (Å²) in [7, 11) is 0. The summed E-state index contributed by atoms with van der Waals surface area (Å²) in [6.07, 6.45) is 0.609. The molecule has 20 heavy (non-hydrogen) atoms. The van der Waals surface area contributed by atoms with Crippen LogP contribution in [0, 0.1) is 17.7 Å². The highest BCUT2D eigenvalue weighted by Gasteiger charge is 2.05. The van der Waals surface area contributed by atoms with E-state index in [1.807, 2.05) is 0 Å². The Balaban J connectivity index is 2.68. The van der Waals surface area contributed by atoms with Gasteiger partial charge in [-0.15, -0.1) is 11.6 Å². The van der Waals surface area contributed by atoms with Gasteiger partial charge in [-0.3, -0.25) is 0 Å². The first-order valence-corrected chi connectivity index (χ1v) is 7.44. The average molecular weight is 298 g/mol. The molecule has 0 N–H and O–H groups in total. The third-order valence-corrected chi connectivity index (χ3v) is 3.13. The SMILES string of the molecule is CCN(CC)CCOc1cc(F)ccc1C#CCCCl. The molecule has 0 fully saturated rings. The van der Waals surface area contributed by atoms with E-state index in [9.17, 15) is 4.39 Å². The van der Waals surface area contributed by atoms with Gasteiger partial charge in [-0.2, -0.15) is 0 Å². The normalized spacial score (nSPS) is 10.2. The number of rotatable bonds is 7. The van der Waals surface area contributed by atoms with Gasteiger partial charge in [-0.05, 0) is 25.2 Å². The Bertz CT molecular complexity index is 463. The molecule has 1 aromatic carbocycles. The van der Waals surface area contributed by atoms with Gasteiger partial charge >= 0.3 is 0 Å². The number of likely N-dealkylation sites (N-methyl/N-ethyl adjacent to an activating group) is 1. The molecule has 0 spiro atoms. The molecule has 4 heteroatoms. The lowest BCUT2D eigenvalue weighted by Gasteiger charge is -2.18. The monoisotopic (exact) mass is 297 g/mol. The van der Waals surface area contributed by atoms with Gasteiger partial charge < -0.3 is 9.64 Å². The largest absolute Gasteiger partial charge is 0.491 e. The van der Waals surface area contributed by atoms with Crippen molar-refractivity contribution in [2.75, 3.05) is 32.1 Å². The topological polar surface area (TPSA) is 12.5 Å². The lowest BCUT2D eigenvalue weighted by Crippen LogP contribution is -2.28. The zero-order chi connectivity index (χ0) is 14.8. The molecular weight excluding hydrogens is 277 g/mol. The fraction of sp³-hybridized carbons (Fsp3) is 0.500. The molecular formula is C16H21ClFNO. The van der Waals surface area contributed by atoms with E-state index < -0.39 is 0 Å². The van der Waals surface area contributed by atoms with Crippen molar-refractivity contribution in [3.05, 3.63) is 29.6 Å². The van der Waals surface area contributed by atoms with Crippen molar-refractivity contribution in [1.29, 1.82) is 0 Å². The first kappa shape index (κ1) is 16.8. The molecule has 0 atom stereocenters. The van der Waals surface area contributed by atoms with Crippen LogP contribution in [0.4, 0.5) is 4.39 Å². The lowest BCUT2D eigenvalue weighted by molar-refractivity contribution is 0.222. The highest BCUT2D eigenvalue weighted by Crippen LogP contribution is 2.19. The number of halogens is 2. The van der Waals surface area contributed by atoms with E-state index in [0.29, 0.717) is 30.2 Å². The zero-order valence-corrected chi connectivity index (χ0v) is 12.8. The molecule has 0 heterocycles. The van der Waals surface area contributed by atoms with Gasteiger partial charge in [0, 0.05) is 24.9 Å². The van der Waals surface area contributed by atoms with E-state index in [-0.39, 0.29) is 5.82 Å². The van der Waals surface area contributed by atoms with Gasteiger partial charge in [0.15, 0.2) is 0 Å². The van der Waals surface area contributed by atoms with Crippen LogP contribution in [0.5, 0.6) is 5.75 Å². The highest BCUT2D eigenvalue weighted by atomic mass is 35.5. The van der Waals surface area contributed by atoms with E-state index in [1.54, 1.807) is 6.07 Å². The predicted octanol–water partition coefficient (Wildman–Crippen LogP) is 3.53. The number of hydrogen-bond acceptors (Lipinski definition) is 2. The van der Waals surface area contributed by atoms with Crippen LogP contribution in [0.1, 0.15) is 25.8 Å². The molecule has 0 amide bonds. The fourth-order valence-electron chi connectivity index (χ4n) is 1.75. The number of hydrogen-bond donors (Lipinski definition) is 0. The van der Waals surface area contributed by atoms with E-state index >= 15 is 0 Å². The summed E-state index contributed by atoms with van der Waals surface area (Å²) in [5.74, 6) is 6.58. The molecule has 110 valence electrons. The van der Waals surface area contributed by atoms with Gasteiger partial charge in [-0.25, -0.2) is 4.39 Å². The van der Waals surface area contributed by atoms with Gasteiger partial charge in [0.05, 0.1) is 5.56 Å². The van der Waals surface area contributed by atoms with Crippen molar-refractivity contribution >= 4 is 11.6 Å². The van der Waals surface area contributed by atoms with Crippen molar-refractivity contribution in [3.8, 4) is 17.6 Å². The zero-order valence-electron chi connectivity index (χ0n) is 12.1. The summed E-state index contributed by atoms with van der Waals surface area (Å²) in [6.45, 7) is 7.51. The van der Waals surface area contributed by atoms with Crippen molar-refractivity contribution in [3.63, 3.8) is 0 Å². The minimum Gasteiger partial charge on any atom is -0.491 e.